The van der Waals surface area contributed by atoms with Crippen LogP contribution in [0.5, 0.6) is 0 Å². The summed E-state index contributed by atoms with van der Waals surface area (Å²) >= 11 is 1.06. The largest absolute Gasteiger partial charge is 0.481 e. The van der Waals surface area contributed by atoms with E-state index in [-0.39, 0.29) is 17.2 Å². The predicted molar refractivity (Wildman–Crippen MR) is 74.0 cm³/mol. The summed E-state index contributed by atoms with van der Waals surface area (Å²) in [6, 6.07) is 2.13. The summed E-state index contributed by atoms with van der Waals surface area (Å²) in [4.78, 5) is 21.9. The second kappa shape index (κ2) is 7.36. The molecule has 0 aliphatic heterocycles. The van der Waals surface area contributed by atoms with Gasteiger partial charge in [0.2, 0.25) is 5.91 Å². The third kappa shape index (κ3) is 5.27. The highest BCUT2D eigenvalue weighted by atomic mass is 32.2. The summed E-state index contributed by atoms with van der Waals surface area (Å²) in [5.41, 5.74) is 0. The van der Waals surface area contributed by atoms with Gasteiger partial charge in [-0.2, -0.15) is 4.72 Å². The Bertz CT molecular complexity index is 553. The van der Waals surface area contributed by atoms with Crippen molar-refractivity contribution in [2.45, 2.75) is 30.0 Å². The molecule has 112 valence electrons. The van der Waals surface area contributed by atoms with E-state index in [1.807, 2.05) is 0 Å². The second-order valence-electron chi connectivity index (χ2n) is 4.06. The molecule has 7 nitrogen and oxygen atoms in total. The lowest BCUT2D eigenvalue weighted by Crippen LogP contribution is -2.44. The van der Waals surface area contributed by atoms with Gasteiger partial charge in [0.1, 0.15) is 4.21 Å². The van der Waals surface area contributed by atoms with E-state index in [2.05, 4.69) is 10.0 Å². The number of amides is 1. The molecule has 0 saturated heterocycles. The Hall–Kier alpha value is -1.45. The van der Waals surface area contributed by atoms with Gasteiger partial charge in [0.05, 0.1) is 6.04 Å². The Labute approximate surface area is 121 Å². The smallest absolute Gasteiger partial charge is 0.303 e. The maximum absolute atomic E-state index is 11.9. The molecule has 1 atom stereocenters. The van der Waals surface area contributed by atoms with Crippen molar-refractivity contribution >= 4 is 33.2 Å². The van der Waals surface area contributed by atoms with E-state index in [9.17, 15) is 18.0 Å². The Kier molecular flexibility index (Phi) is 6.11. The Balaban J connectivity index is 2.44. The Morgan fingerprint density at radius 2 is 2.15 bits per heavy atom. The van der Waals surface area contributed by atoms with Gasteiger partial charge in [-0.25, -0.2) is 8.42 Å². The highest BCUT2D eigenvalue weighted by Crippen LogP contribution is 2.15. The lowest BCUT2D eigenvalue weighted by Gasteiger charge is -2.13. The van der Waals surface area contributed by atoms with Crippen LogP contribution in [0.25, 0.3) is 0 Å². The number of carboxylic acid groups (broad SMARTS) is 1. The summed E-state index contributed by atoms with van der Waals surface area (Å²) < 4.78 is 26.1. The van der Waals surface area contributed by atoms with Crippen LogP contribution in [-0.2, 0) is 19.6 Å². The predicted octanol–water partition coefficient (Wildman–Crippen LogP) is 0.396. The quantitative estimate of drug-likeness (QED) is 0.600. The molecule has 1 aromatic rings. The van der Waals surface area contributed by atoms with Crippen LogP contribution in [0.15, 0.2) is 21.7 Å². The molecule has 0 radical (unpaired) electrons. The van der Waals surface area contributed by atoms with Crippen molar-refractivity contribution in [1.82, 2.24) is 10.0 Å². The average molecular weight is 320 g/mol. The lowest BCUT2D eigenvalue weighted by atomic mass is 10.3. The molecule has 0 bridgehead atoms. The summed E-state index contributed by atoms with van der Waals surface area (Å²) in [5, 5.41) is 12.6. The number of thiophene rings is 1. The van der Waals surface area contributed by atoms with Crippen molar-refractivity contribution in [2.24, 2.45) is 0 Å². The highest BCUT2D eigenvalue weighted by molar-refractivity contribution is 7.91. The zero-order valence-electron chi connectivity index (χ0n) is 10.8. The molecular weight excluding hydrogens is 304 g/mol. The zero-order valence-corrected chi connectivity index (χ0v) is 12.5. The third-order valence-corrected chi connectivity index (χ3v) is 5.29. The number of hydrogen-bond donors (Lipinski definition) is 3. The molecule has 3 N–H and O–H groups in total. The van der Waals surface area contributed by atoms with Gasteiger partial charge in [-0.1, -0.05) is 6.07 Å². The normalized spacial score (nSPS) is 12.8. The molecule has 1 unspecified atom stereocenters. The number of hydrogen-bond acceptors (Lipinski definition) is 5. The van der Waals surface area contributed by atoms with E-state index in [1.165, 1.54) is 13.0 Å². The third-order valence-electron chi connectivity index (χ3n) is 2.35. The molecule has 0 spiro atoms. The van der Waals surface area contributed by atoms with Gasteiger partial charge < -0.3 is 10.4 Å². The van der Waals surface area contributed by atoms with Crippen LogP contribution >= 0.6 is 11.3 Å². The van der Waals surface area contributed by atoms with Crippen LogP contribution in [-0.4, -0.2) is 38.0 Å². The molecule has 9 heteroatoms. The molecule has 0 saturated carbocycles. The van der Waals surface area contributed by atoms with E-state index in [1.54, 1.807) is 11.4 Å². The van der Waals surface area contributed by atoms with Crippen molar-refractivity contribution in [3.8, 4) is 0 Å². The minimum Gasteiger partial charge on any atom is -0.481 e. The van der Waals surface area contributed by atoms with Crippen LogP contribution in [0.3, 0.4) is 0 Å². The summed E-state index contributed by atoms with van der Waals surface area (Å²) in [7, 11) is -3.69. The summed E-state index contributed by atoms with van der Waals surface area (Å²) in [5.74, 6) is -1.43. The Morgan fingerprint density at radius 1 is 1.45 bits per heavy atom. The van der Waals surface area contributed by atoms with Crippen molar-refractivity contribution in [3.63, 3.8) is 0 Å². The first-order valence-corrected chi connectivity index (χ1v) is 8.24. The van der Waals surface area contributed by atoms with Gasteiger partial charge in [-0.05, 0) is 24.8 Å². The fourth-order valence-corrected chi connectivity index (χ4v) is 3.58. The van der Waals surface area contributed by atoms with Crippen LogP contribution in [0.2, 0.25) is 0 Å². The van der Waals surface area contributed by atoms with E-state index in [0.717, 1.165) is 11.3 Å². The topological polar surface area (TPSA) is 113 Å². The minimum atomic E-state index is -3.69. The van der Waals surface area contributed by atoms with Crippen molar-refractivity contribution in [1.29, 1.82) is 0 Å². The van der Waals surface area contributed by atoms with Crippen molar-refractivity contribution < 1.29 is 23.1 Å². The monoisotopic (exact) mass is 320 g/mol. The van der Waals surface area contributed by atoms with Gasteiger partial charge in [0.25, 0.3) is 10.0 Å². The van der Waals surface area contributed by atoms with Crippen LogP contribution < -0.4 is 10.0 Å². The van der Waals surface area contributed by atoms with Gasteiger partial charge in [0, 0.05) is 13.0 Å². The maximum Gasteiger partial charge on any atom is 0.303 e. The molecule has 1 amide bonds. The minimum absolute atomic E-state index is 0.0460. The number of carbonyl (C=O) groups is 2. The summed E-state index contributed by atoms with van der Waals surface area (Å²) in [6.07, 6.45) is 0.251. The van der Waals surface area contributed by atoms with Crippen molar-refractivity contribution in [2.75, 3.05) is 6.54 Å². The first kappa shape index (κ1) is 16.6. The number of aliphatic carboxylic acids is 1. The van der Waals surface area contributed by atoms with E-state index in [0.29, 0.717) is 6.42 Å². The number of nitrogens with one attached hydrogen (secondary N) is 2. The van der Waals surface area contributed by atoms with E-state index >= 15 is 0 Å². The fraction of sp³-hybridized carbons (Fsp3) is 0.455. The standard InChI is InChI=1S/C11H16N2O5S2/c1-8(11(16)12-6-2-4-9(14)15)13-20(17,18)10-5-3-7-19-10/h3,5,7-8,13H,2,4,6H2,1H3,(H,12,16)(H,14,15). The molecule has 1 heterocycles. The van der Waals surface area contributed by atoms with Gasteiger partial charge in [0.15, 0.2) is 0 Å². The van der Waals surface area contributed by atoms with Crippen LogP contribution in [0.4, 0.5) is 0 Å². The molecular formula is C11H16N2O5S2. The van der Waals surface area contributed by atoms with Gasteiger partial charge >= 0.3 is 5.97 Å². The first-order valence-electron chi connectivity index (χ1n) is 5.88. The van der Waals surface area contributed by atoms with Crippen LogP contribution in [0.1, 0.15) is 19.8 Å². The van der Waals surface area contributed by atoms with Gasteiger partial charge in [-0.15, -0.1) is 11.3 Å². The molecule has 1 aromatic heterocycles. The average Bonchev–Trinajstić information content (AvgIpc) is 2.88. The molecule has 1 rings (SSSR count). The van der Waals surface area contributed by atoms with Crippen molar-refractivity contribution in [3.05, 3.63) is 17.5 Å². The Morgan fingerprint density at radius 3 is 2.70 bits per heavy atom. The highest BCUT2D eigenvalue weighted by Gasteiger charge is 2.22. The number of sulfonamides is 1. The van der Waals surface area contributed by atoms with E-state index < -0.39 is 27.9 Å². The lowest BCUT2D eigenvalue weighted by molar-refractivity contribution is -0.137. The van der Waals surface area contributed by atoms with Crippen LogP contribution in [0, 0.1) is 0 Å². The first-order chi connectivity index (χ1) is 9.33. The maximum atomic E-state index is 11.9. The molecule has 20 heavy (non-hydrogen) atoms. The molecule has 0 aliphatic carbocycles. The zero-order chi connectivity index (χ0) is 15.2. The molecule has 0 aliphatic rings. The van der Waals surface area contributed by atoms with E-state index in [4.69, 9.17) is 5.11 Å². The number of carboxylic acids is 1. The second-order valence-corrected chi connectivity index (χ2v) is 6.95. The molecule has 0 fully saturated rings. The summed E-state index contributed by atoms with van der Waals surface area (Å²) in [6.45, 7) is 1.62. The number of rotatable bonds is 8. The molecule has 0 aromatic carbocycles. The number of carbonyl (C=O) groups excluding carboxylic acids is 1. The SMILES string of the molecule is CC(NS(=O)(=O)c1cccs1)C(=O)NCCCC(=O)O. The fourth-order valence-electron chi connectivity index (χ4n) is 1.37. The van der Waals surface area contributed by atoms with Gasteiger partial charge in [-0.3, -0.25) is 9.59 Å².